The Balaban J connectivity index is 0.000000613. The van der Waals surface area contributed by atoms with E-state index in [2.05, 4.69) is 58.3 Å². The SMILES string of the molecule is CC(C)(C)CN1CCN(COC=O)CCN(CC(=O)O)CCN(CC(=O)O)CC1.CCN1CCN(COC=O)CCN(C(CCC(C)(C)C)C(=O)O)CCN(CC(=O)O)CC1. The van der Waals surface area contributed by atoms with E-state index in [1.165, 1.54) is 0 Å². The maximum absolute atomic E-state index is 12.1. The number of nitrogens with zero attached hydrogens (tertiary/aromatic N) is 8. The van der Waals surface area contributed by atoms with Gasteiger partial charge in [-0.1, -0.05) is 48.5 Å². The molecule has 2 fully saturated rings. The number of aliphatic carboxylic acids is 4. The van der Waals surface area contributed by atoms with Crippen LogP contribution in [0.15, 0.2) is 0 Å². The second-order valence-corrected chi connectivity index (χ2v) is 18.3. The van der Waals surface area contributed by atoms with Gasteiger partial charge in [-0.2, -0.15) is 0 Å². The molecule has 0 bridgehead atoms. The van der Waals surface area contributed by atoms with Crippen LogP contribution in [0.3, 0.4) is 0 Å². The molecule has 2 rings (SSSR count). The number of hydrogen-bond acceptors (Lipinski definition) is 16. The van der Waals surface area contributed by atoms with Crippen molar-refractivity contribution in [1.29, 1.82) is 0 Å². The lowest BCUT2D eigenvalue weighted by molar-refractivity contribution is -0.145. The zero-order valence-corrected chi connectivity index (χ0v) is 38.0. The predicted molar refractivity (Wildman–Crippen MR) is 229 cm³/mol. The summed E-state index contributed by atoms with van der Waals surface area (Å²) in [5, 5.41) is 37.7. The third-order valence-corrected chi connectivity index (χ3v) is 10.6. The number of hydrogen-bond donors (Lipinski definition) is 4. The summed E-state index contributed by atoms with van der Waals surface area (Å²) >= 11 is 0. The molecule has 1 atom stereocenters. The molecule has 20 nitrogen and oxygen atoms in total. The van der Waals surface area contributed by atoms with Crippen molar-refractivity contribution in [2.24, 2.45) is 10.8 Å². The van der Waals surface area contributed by atoms with Crippen molar-refractivity contribution >= 4 is 36.8 Å². The predicted octanol–water partition coefficient (Wildman–Crippen LogP) is 0.276. The second kappa shape index (κ2) is 29.7. The van der Waals surface area contributed by atoms with Gasteiger partial charge in [0.15, 0.2) is 0 Å². The highest BCUT2D eigenvalue weighted by Gasteiger charge is 2.29. The fraction of sp³-hybridized carbons (Fsp3) is 0.854. The molecular weight excluding hydrogens is 796 g/mol. The summed E-state index contributed by atoms with van der Waals surface area (Å²) in [5.41, 5.74) is 0.111. The number of likely N-dealkylation sites (N-methyl/N-ethyl adjacent to an activating group) is 1. The van der Waals surface area contributed by atoms with Crippen molar-refractivity contribution in [2.45, 2.75) is 67.3 Å². The smallest absolute Gasteiger partial charge is 0.320 e. The quantitative estimate of drug-likeness (QED) is 0.136. The average Bonchev–Trinajstić information content (AvgIpc) is 3.14. The molecule has 0 saturated carbocycles. The van der Waals surface area contributed by atoms with E-state index in [0.717, 1.165) is 39.1 Å². The van der Waals surface area contributed by atoms with Crippen LogP contribution in [0.5, 0.6) is 0 Å². The maximum Gasteiger partial charge on any atom is 0.320 e. The summed E-state index contributed by atoms with van der Waals surface area (Å²) in [5.74, 6) is -3.55. The third-order valence-electron chi connectivity index (χ3n) is 10.6. The first-order valence-corrected chi connectivity index (χ1v) is 21.4. The number of carboxylic acids is 4. The highest BCUT2D eigenvalue weighted by Crippen LogP contribution is 2.24. The highest BCUT2D eigenvalue weighted by atomic mass is 16.5. The van der Waals surface area contributed by atoms with Crippen molar-refractivity contribution in [2.75, 3.05) is 151 Å². The van der Waals surface area contributed by atoms with Crippen molar-refractivity contribution in [3.05, 3.63) is 0 Å². The van der Waals surface area contributed by atoms with Crippen molar-refractivity contribution in [1.82, 2.24) is 39.2 Å². The molecule has 0 spiro atoms. The molecule has 0 aromatic rings. The fourth-order valence-electron chi connectivity index (χ4n) is 7.20. The number of ether oxygens (including phenoxy) is 2. The van der Waals surface area contributed by atoms with Gasteiger partial charge in [0.1, 0.15) is 19.5 Å². The van der Waals surface area contributed by atoms with Gasteiger partial charge in [-0.3, -0.25) is 58.2 Å². The summed E-state index contributed by atoms with van der Waals surface area (Å²) in [7, 11) is 0. The average molecular weight is 875 g/mol. The lowest BCUT2D eigenvalue weighted by atomic mass is 9.88. The Morgan fingerprint density at radius 1 is 0.508 bits per heavy atom. The van der Waals surface area contributed by atoms with Crippen LogP contribution >= 0.6 is 0 Å². The molecule has 2 aliphatic rings. The summed E-state index contributed by atoms with van der Waals surface area (Å²) in [4.78, 5) is 83.3. The topological polar surface area (TPSA) is 228 Å². The van der Waals surface area contributed by atoms with Crippen LogP contribution in [-0.2, 0) is 38.2 Å². The first kappa shape index (κ1) is 55.5. The first-order chi connectivity index (χ1) is 28.6. The van der Waals surface area contributed by atoms with E-state index in [4.69, 9.17) is 9.47 Å². The third kappa shape index (κ3) is 27.9. The second-order valence-electron chi connectivity index (χ2n) is 18.3. The molecule has 354 valence electrons. The maximum atomic E-state index is 12.1. The van der Waals surface area contributed by atoms with Gasteiger partial charge in [-0.15, -0.1) is 0 Å². The Morgan fingerprint density at radius 2 is 0.836 bits per heavy atom. The van der Waals surface area contributed by atoms with Gasteiger partial charge < -0.3 is 39.7 Å². The van der Waals surface area contributed by atoms with E-state index in [1.54, 1.807) is 4.90 Å². The molecule has 1 unspecified atom stereocenters. The number of carbonyl (C=O) groups is 6. The molecule has 0 aliphatic carbocycles. The van der Waals surface area contributed by atoms with Crippen LogP contribution in [-0.4, -0.2) is 253 Å². The molecule has 2 heterocycles. The normalized spacial score (nSPS) is 20.0. The Bertz CT molecular complexity index is 1300. The number of carboxylic acid groups (broad SMARTS) is 4. The molecule has 4 N–H and O–H groups in total. The Kier molecular flexibility index (Phi) is 27.1. The lowest BCUT2D eigenvalue weighted by Crippen LogP contribution is -2.51. The zero-order valence-electron chi connectivity index (χ0n) is 38.0. The van der Waals surface area contributed by atoms with E-state index in [0.29, 0.717) is 104 Å². The fourth-order valence-corrected chi connectivity index (χ4v) is 7.20. The van der Waals surface area contributed by atoms with Crippen LogP contribution in [0.1, 0.15) is 61.3 Å². The summed E-state index contributed by atoms with van der Waals surface area (Å²) in [6.45, 7) is 26.9. The van der Waals surface area contributed by atoms with Gasteiger partial charge in [-0.25, -0.2) is 0 Å². The van der Waals surface area contributed by atoms with Crippen LogP contribution in [0.2, 0.25) is 0 Å². The van der Waals surface area contributed by atoms with Gasteiger partial charge >= 0.3 is 23.9 Å². The van der Waals surface area contributed by atoms with Gasteiger partial charge in [0, 0.05) is 111 Å². The zero-order chi connectivity index (χ0) is 46.0. The monoisotopic (exact) mass is 875 g/mol. The summed E-state index contributed by atoms with van der Waals surface area (Å²) in [6, 6.07) is -0.648. The minimum absolute atomic E-state index is 0.0169. The van der Waals surface area contributed by atoms with Crippen LogP contribution in [0.4, 0.5) is 0 Å². The first-order valence-electron chi connectivity index (χ1n) is 21.4. The minimum Gasteiger partial charge on any atom is -0.480 e. The Morgan fingerprint density at radius 3 is 1.15 bits per heavy atom. The van der Waals surface area contributed by atoms with Gasteiger partial charge in [0.2, 0.25) is 0 Å². The molecule has 20 heteroatoms. The van der Waals surface area contributed by atoms with Crippen LogP contribution in [0.25, 0.3) is 0 Å². The Labute approximate surface area is 363 Å². The number of carbonyl (C=O) groups excluding carboxylic acids is 2. The van der Waals surface area contributed by atoms with E-state index >= 15 is 0 Å². The highest BCUT2D eigenvalue weighted by molar-refractivity contribution is 5.73. The summed E-state index contributed by atoms with van der Waals surface area (Å²) < 4.78 is 9.91. The van der Waals surface area contributed by atoms with E-state index < -0.39 is 29.9 Å². The summed E-state index contributed by atoms with van der Waals surface area (Å²) in [6.07, 6.45) is 1.29. The molecule has 2 aliphatic heterocycles. The van der Waals surface area contributed by atoms with Crippen molar-refractivity contribution < 1.29 is 58.7 Å². The van der Waals surface area contributed by atoms with E-state index in [-0.39, 0.29) is 43.9 Å². The molecule has 0 radical (unpaired) electrons. The van der Waals surface area contributed by atoms with Crippen LogP contribution < -0.4 is 0 Å². The van der Waals surface area contributed by atoms with Gasteiger partial charge in [-0.05, 0) is 30.2 Å². The standard InChI is InChI=1S/C22H42N4O6.C19H36N4O6/c1-5-23-8-10-24(16-20(28)29)12-14-26(15-13-25(11-9-23)17-32-18-27)19(21(30)31)6-7-22(2,3)4;1-19(2,3)14-22-8-6-20(12-17(25)26)4-5-21(13-18(27)28)7-10-23(11-9-22)15-29-16-24/h18-19H,5-17H2,1-4H3,(H,28,29)(H,30,31);16H,4-15H2,1-3H3,(H,25,26)(H,27,28). The number of rotatable bonds is 18. The van der Waals surface area contributed by atoms with E-state index in [9.17, 15) is 49.2 Å². The minimum atomic E-state index is -0.922. The Hall–Kier alpha value is -3.50. The molecular formula is C41H78N8O12. The molecule has 0 aromatic heterocycles. The van der Waals surface area contributed by atoms with Gasteiger partial charge in [0.25, 0.3) is 12.9 Å². The molecule has 2 saturated heterocycles. The molecule has 61 heavy (non-hydrogen) atoms. The van der Waals surface area contributed by atoms with Gasteiger partial charge in [0.05, 0.1) is 19.6 Å². The van der Waals surface area contributed by atoms with E-state index in [1.807, 2.05) is 24.5 Å². The van der Waals surface area contributed by atoms with Crippen molar-refractivity contribution in [3.8, 4) is 0 Å². The molecule has 0 amide bonds. The van der Waals surface area contributed by atoms with Crippen molar-refractivity contribution in [3.63, 3.8) is 0 Å². The van der Waals surface area contributed by atoms with Crippen LogP contribution in [0, 0.1) is 10.8 Å². The lowest BCUT2D eigenvalue weighted by Gasteiger charge is -2.36. The molecule has 0 aromatic carbocycles. The largest absolute Gasteiger partial charge is 0.480 e.